The van der Waals surface area contributed by atoms with Gasteiger partial charge < -0.3 is 58.8 Å². The zero-order chi connectivity index (χ0) is 41.0. The van der Waals surface area contributed by atoms with Crippen LogP contribution in [0.25, 0.3) is 17.2 Å². The number of hydrogen-bond acceptors (Lipinski definition) is 15. The van der Waals surface area contributed by atoms with E-state index in [1.807, 2.05) is 0 Å². The smallest absolute Gasteiger partial charge is 0.294 e. The van der Waals surface area contributed by atoms with Crippen molar-refractivity contribution in [2.45, 2.75) is 11.8 Å². The molecule has 0 unspecified atom stereocenters. The average molecular weight is 817 g/mol. The number of ether oxygens (including phenoxy) is 10. The molecule has 1 aliphatic rings. The van der Waals surface area contributed by atoms with E-state index in [2.05, 4.69) is 0 Å². The highest BCUT2D eigenvalue weighted by atomic mass is 32.2. The predicted molar refractivity (Wildman–Crippen MR) is 212 cm³/mol. The highest BCUT2D eigenvalue weighted by Gasteiger charge is 2.28. The fourth-order valence-electron chi connectivity index (χ4n) is 5.49. The molecule has 0 spiro atoms. The van der Waals surface area contributed by atoms with Gasteiger partial charge in [-0.3, -0.25) is 9.35 Å². The van der Waals surface area contributed by atoms with Gasteiger partial charge in [0.1, 0.15) is 11.5 Å². The number of ketones is 1. The zero-order valence-corrected chi connectivity index (χ0v) is 33.3. The molecule has 4 rings (SSSR count). The van der Waals surface area contributed by atoms with E-state index in [0.717, 1.165) is 0 Å². The molecule has 0 fully saturated rings. The number of hydrogen-bond donors (Lipinski definition) is 3. The van der Waals surface area contributed by atoms with Gasteiger partial charge in [-0.2, -0.15) is 8.42 Å². The van der Waals surface area contributed by atoms with Crippen molar-refractivity contribution in [2.75, 3.05) is 119 Å². The van der Waals surface area contributed by atoms with E-state index >= 15 is 0 Å². The Morgan fingerprint density at radius 1 is 0.614 bits per heavy atom. The van der Waals surface area contributed by atoms with Gasteiger partial charge in [0.05, 0.1) is 95.6 Å². The Bertz CT molecular complexity index is 1860. The Morgan fingerprint density at radius 2 is 1.05 bits per heavy atom. The molecule has 0 saturated carbocycles. The maximum absolute atomic E-state index is 14.1. The monoisotopic (exact) mass is 816 g/mol. The summed E-state index contributed by atoms with van der Waals surface area (Å²) in [5.74, 6) is 0.273. The van der Waals surface area contributed by atoms with Crippen molar-refractivity contribution in [1.82, 2.24) is 0 Å². The fraction of sp³-hybridized carbons (Fsp3) is 0.425. The predicted octanol–water partition coefficient (Wildman–Crippen LogP) is 4.11. The summed E-state index contributed by atoms with van der Waals surface area (Å²) in [7, 11) is -1.31. The molecule has 0 amide bonds. The maximum Gasteiger partial charge on any atom is 0.294 e. The number of Topliss-reactive ketones (excluding diaryl/α,β-unsaturated/α-hetero) is 1. The minimum Gasteiger partial charge on any atom is -0.465 e. The van der Waals surface area contributed by atoms with Crippen LogP contribution >= 0.6 is 0 Å². The van der Waals surface area contributed by atoms with E-state index in [4.69, 9.17) is 58.8 Å². The summed E-state index contributed by atoms with van der Waals surface area (Å²) in [5.41, 5.74) is 16.3. The van der Waals surface area contributed by atoms with Crippen LogP contribution in [0.2, 0.25) is 0 Å². The molecule has 17 heteroatoms. The van der Waals surface area contributed by atoms with Crippen LogP contribution in [0.4, 0.5) is 11.4 Å². The second-order valence-corrected chi connectivity index (χ2v) is 13.8. The summed E-state index contributed by atoms with van der Waals surface area (Å²) in [5, 5.41) is 0. The minimum absolute atomic E-state index is 0.137. The molecule has 0 radical (unpaired) electrons. The van der Waals surface area contributed by atoms with Gasteiger partial charge in [0.15, 0.2) is 19.4 Å². The first-order valence-corrected chi connectivity index (χ1v) is 19.6. The molecule has 5 N–H and O–H groups in total. The standard InChI is InChI=1S/C40H52N2O14S/c1-28-22-31-23-32(57(44,45)46)6-7-33(31)39(40(28)43)38(29-4-8-34(41)36(24-29)55-26-53-20-18-51-16-14-49-12-10-47-2)30-5-9-35(42)37(25-30)56-27-54-21-19-52-17-15-50-13-11-48-3/h4-9,22-25H,10-21,26-27,41-42H2,1-3H3,(H,44,45,46). The van der Waals surface area contributed by atoms with E-state index < -0.39 is 10.1 Å². The number of benzene rings is 3. The van der Waals surface area contributed by atoms with Gasteiger partial charge in [-0.15, -0.1) is 0 Å². The first kappa shape index (κ1) is 45.3. The number of carbonyl (C=O) groups excluding carboxylic acids is 1. The van der Waals surface area contributed by atoms with Crippen LogP contribution in [-0.2, 0) is 52.8 Å². The number of fused-ring (bicyclic) bond motifs is 1. The van der Waals surface area contributed by atoms with Crippen LogP contribution in [0.3, 0.4) is 0 Å². The lowest BCUT2D eigenvalue weighted by atomic mass is 9.80. The van der Waals surface area contributed by atoms with Crippen molar-refractivity contribution >= 4 is 44.5 Å². The number of carbonyl (C=O) groups is 1. The molecule has 57 heavy (non-hydrogen) atoms. The summed E-state index contributed by atoms with van der Waals surface area (Å²) >= 11 is 0. The summed E-state index contributed by atoms with van der Waals surface area (Å²) in [6.45, 7) is 6.18. The Morgan fingerprint density at radius 3 is 1.49 bits per heavy atom. The molecule has 3 aromatic rings. The molecule has 1 aliphatic carbocycles. The zero-order valence-electron chi connectivity index (χ0n) is 32.5. The SMILES string of the molecule is COCCOCCOCCOCOc1cc(C(=C2C(=O)C(C)=Cc3cc(S(=O)(=O)O)ccc32)c2ccc(N)c(OCOCCOCCOCCOC)c2)ccc1N. The normalized spacial score (nSPS) is 12.7. The van der Waals surface area contributed by atoms with Crippen molar-refractivity contribution in [3.05, 3.63) is 82.4 Å². The molecule has 312 valence electrons. The van der Waals surface area contributed by atoms with Crippen molar-refractivity contribution in [1.29, 1.82) is 0 Å². The molecule has 0 aromatic heterocycles. The Balaban J connectivity index is 1.58. The number of rotatable bonds is 27. The summed E-state index contributed by atoms with van der Waals surface area (Å²) in [6.07, 6.45) is 1.58. The largest absolute Gasteiger partial charge is 0.465 e. The van der Waals surface area contributed by atoms with Gasteiger partial charge >= 0.3 is 0 Å². The van der Waals surface area contributed by atoms with Gasteiger partial charge in [0.2, 0.25) is 0 Å². The molecular weight excluding hydrogens is 765 g/mol. The van der Waals surface area contributed by atoms with Crippen LogP contribution in [-0.4, -0.2) is 126 Å². The maximum atomic E-state index is 14.1. The lowest BCUT2D eigenvalue weighted by Crippen LogP contribution is -2.14. The van der Waals surface area contributed by atoms with Crippen molar-refractivity contribution in [3.63, 3.8) is 0 Å². The van der Waals surface area contributed by atoms with Crippen molar-refractivity contribution in [3.8, 4) is 11.5 Å². The molecular formula is C40H52N2O14S. The third-order valence-electron chi connectivity index (χ3n) is 8.35. The number of anilines is 2. The quantitative estimate of drug-likeness (QED) is 0.0325. The highest BCUT2D eigenvalue weighted by molar-refractivity contribution is 7.85. The van der Waals surface area contributed by atoms with Crippen LogP contribution < -0.4 is 20.9 Å². The summed E-state index contributed by atoms with van der Waals surface area (Å²) in [4.78, 5) is 13.8. The van der Waals surface area contributed by atoms with E-state index in [1.165, 1.54) is 18.2 Å². The lowest BCUT2D eigenvalue weighted by Gasteiger charge is -2.23. The van der Waals surface area contributed by atoms with Crippen molar-refractivity contribution < 1.29 is 65.1 Å². The van der Waals surface area contributed by atoms with E-state index in [0.29, 0.717) is 122 Å². The second-order valence-electron chi connectivity index (χ2n) is 12.4. The lowest BCUT2D eigenvalue weighted by molar-refractivity contribution is -0.110. The van der Waals surface area contributed by atoms with Crippen LogP contribution in [0.5, 0.6) is 11.5 Å². The third-order valence-corrected chi connectivity index (χ3v) is 9.20. The van der Waals surface area contributed by atoms with Crippen molar-refractivity contribution in [2.24, 2.45) is 0 Å². The third kappa shape index (κ3) is 14.2. The van der Waals surface area contributed by atoms with Gasteiger partial charge in [-0.25, -0.2) is 0 Å². The minimum atomic E-state index is -4.53. The van der Waals surface area contributed by atoms with Crippen LogP contribution in [0, 0.1) is 0 Å². The first-order valence-electron chi connectivity index (χ1n) is 18.1. The molecule has 0 atom stereocenters. The fourth-order valence-corrected chi connectivity index (χ4v) is 6.01. The van der Waals surface area contributed by atoms with Gasteiger partial charge in [0.25, 0.3) is 10.1 Å². The Hall–Kier alpha value is -4.40. The first-order chi connectivity index (χ1) is 27.5. The number of nitrogen functional groups attached to an aromatic ring is 2. The van der Waals surface area contributed by atoms with E-state index in [1.54, 1.807) is 63.6 Å². The Kier molecular flexibility index (Phi) is 18.9. The summed E-state index contributed by atoms with van der Waals surface area (Å²) in [6, 6.07) is 14.2. The van der Waals surface area contributed by atoms with Gasteiger partial charge in [0, 0.05) is 25.4 Å². The molecule has 0 aliphatic heterocycles. The highest BCUT2D eigenvalue weighted by Crippen LogP contribution is 2.42. The number of methoxy groups -OCH3 is 2. The van der Waals surface area contributed by atoms with Crippen LogP contribution in [0.1, 0.15) is 29.2 Å². The summed E-state index contributed by atoms with van der Waals surface area (Å²) < 4.78 is 88.6. The van der Waals surface area contributed by atoms with Crippen LogP contribution in [0.15, 0.2) is 65.1 Å². The number of allylic oxidation sites excluding steroid dienone is 2. The molecule has 0 bridgehead atoms. The second kappa shape index (κ2) is 23.7. The van der Waals surface area contributed by atoms with E-state index in [9.17, 15) is 17.8 Å². The molecule has 16 nitrogen and oxygen atoms in total. The molecule has 0 heterocycles. The molecule has 0 saturated heterocycles. The van der Waals surface area contributed by atoms with E-state index in [-0.39, 0.29) is 43.1 Å². The number of nitrogens with two attached hydrogens (primary N) is 2. The average Bonchev–Trinajstić information content (AvgIpc) is 3.18. The Labute approximate surface area is 333 Å². The van der Waals surface area contributed by atoms with Gasteiger partial charge in [-0.05, 0) is 77.2 Å². The van der Waals surface area contributed by atoms with Gasteiger partial charge in [-0.1, -0.05) is 18.2 Å². The molecule has 3 aromatic carbocycles. The topological polar surface area (TPSA) is 216 Å².